The standard InChI is InChI=1S/C22H35BrO5/c1-4-13-22(28-16-8-6-7-14-23)17-19(11-12-20(22)18(3)24)27-15-9-10-21(25)26-5-2/h11-12H,4-10,13-17H2,1-3H3. The second-order valence-corrected chi connectivity index (χ2v) is 7.84. The Morgan fingerprint density at radius 1 is 1.11 bits per heavy atom. The van der Waals surface area contributed by atoms with Crippen molar-refractivity contribution in [1.82, 2.24) is 0 Å². The first kappa shape index (κ1) is 24.9. The van der Waals surface area contributed by atoms with Gasteiger partial charge < -0.3 is 14.2 Å². The van der Waals surface area contributed by atoms with E-state index < -0.39 is 5.60 Å². The number of ketones is 1. The number of ether oxygens (including phenoxy) is 3. The Balaban J connectivity index is 2.71. The summed E-state index contributed by atoms with van der Waals surface area (Å²) < 4.78 is 17.2. The van der Waals surface area contributed by atoms with E-state index in [1.54, 1.807) is 13.8 Å². The van der Waals surface area contributed by atoms with E-state index in [0.717, 1.165) is 48.8 Å². The van der Waals surface area contributed by atoms with Crippen LogP contribution in [0.2, 0.25) is 0 Å². The number of allylic oxidation sites excluding steroid dienone is 2. The summed E-state index contributed by atoms with van der Waals surface area (Å²) in [7, 11) is 0. The number of Topliss-reactive ketones (excluding diaryl/α,β-unsaturated/α-hetero) is 1. The van der Waals surface area contributed by atoms with Crippen LogP contribution in [0.3, 0.4) is 0 Å². The van der Waals surface area contributed by atoms with Crippen LogP contribution >= 0.6 is 15.9 Å². The van der Waals surface area contributed by atoms with Crippen molar-refractivity contribution in [2.45, 2.75) is 77.7 Å². The van der Waals surface area contributed by atoms with E-state index in [0.29, 0.717) is 39.1 Å². The van der Waals surface area contributed by atoms with Crippen LogP contribution in [0.1, 0.15) is 72.1 Å². The van der Waals surface area contributed by atoms with Crippen molar-refractivity contribution in [2.24, 2.45) is 0 Å². The summed E-state index contributed by atoms with van der Waals surface area (Å²) in [5.41, 5.74) is 0.119. The molecule has 0 aliphatic heterocycles. The Bertz CT molecular complexity index is 555. The van der Waals surface area contributed by atoms with Crippen molar-refractivity contribution in [3.63, 3.8) is 0 Å². The molecular formula is C22H35BrO5. The summed E-state index contributed by atoms with van der Waals surface area (Å²) in [5, 5.41) is 0.998. The third-order valence-electron chi connectivity index (χ3n) is 4.69. The lowest BCUT2D eigenvalue weighted by Gasteiger charge is -2.38. The van der Waals surface area contributed by atoms with Gasteiger partial charge in [-0.25, -0.2) is 0 Å². The zero-order valence-electron chi connectivity index (χ0n) is 17.6. The lowest BCUT2D eigenvalue weighted by molar-refractivity contribution is -0.143. The van der Waals surface area contributed by atoms with Crippen LogP contribution in [0.4, 0.5) is 0 Å². The summed E-state index contributed by atoms with van der Waals surface area (Å²) in [5.74, 6) is 0.656. The molecule has 0 amide bonds. The molecule has 6 heteroatoms. The number of halogens is 1. The van der Waals surface area contributed by atoms with Crippen molar-refractivity contribution < 1.29 is 23.8 Å². The quantitative estimate of drug-likeness (QED) is 0.190. The number of carbonyl (C=O) groups excluding carboxylic acids is 2. The molecule has 0 spiro atoms. The maximum absolute atomic E-state index is 12.3. The van der Waals surface area contributed by atoms with E-state index in [1.807, 2.05) is 12.2 Å². The molecule has 0 bridgehead atoms. The third kappa shape index (κ3) is 8.48. The second-order valence-electron chi connectivity index (χ2n) is 7.05. The summed E-state index contributed by atoms with van der Waals surface area (Å²) in [6.45, 7) is 6.98. The maximum atomic E-state index is 12.3. The molecule has 0 fully saturated rings. The van der Waals surface area contributed by atoms with Gasteiger partial charge in [-0.3, -0.25) is 9.59 Å². The average molecular weight is 459 g/mol. The highest BCUT2D eigenvalue weighted by molar-refractivity contribution is 9.09. The molecule has 1 unspecified atom stereocenters. The van der Waals surface area contributed by atoms with Crippen LogP contribution < -0.4 is 0 Å². The van der Waals surface area contributed by atoms with Crippen LogP contribution in [0, 0.1) is 0 Å². The van der Waals surface area contributed by atoms with Gasteiger partial charge in [0.2, 0.25) is 0 Å². The number of alkyl halides is 1. The molecule has 0 radical (unpaired) electrons. The fourth-order valence-corrected chi connectivity index (χ4v) is 3.82. The van der Waals surface area contributed by atoms with E-state index in [-0.39, 0.29) is 11.8 Å². The molecule has 1 rings (SSSR count). The lowest BCUT2D eigenvalue weighted by Crippen LogP contribution is -2.40. The Labute approximate surface area is 178 Å². The van der Waals surface area contributed by atoms with E-state index in [2.05, 4.69) is 22.9 Å². The molecule has 0 saturated heterocycles. The SMILES string of the molecule is CCCC1(OCCCCCBr)CC(OCCCC(=O)OCC)=CC=C1C(C)=O. The van der Waals surface area contributed by atoms with Crippen molar-refractivity contribution in [2.75, 3.05) is 25.2 Å². The second kappa shape index (κ2) is 13.9. The van der Waals surface area contributed by atoms with Crippen molar-refractivity contribution in [3.8, 4) is 0 Å². The molecule has 1 aliphatic carbocycles. The minimum Gasteiger partial charge on any atom is -0.498 e. The van der Waals surface area contributed by atoms with Crippen molar-refractivity contribution in [1.29, 1.82) is 0 Å². The van der Waals surface area contributed by atoms with Gasteiger partial charge in [-0.2, -0.15) is 0 Å². The van der Waals surface area contributed by atoms with Crippen molar-refractivity contribution in [3.05, 3.63) is 23.5 Å². The van der Waals surface area contributed by atoms with Gasteiger partial charge >= 0.3 is 5.97 Å². The highest BCUT2D eigenvalue weighted by Crippen LogP contribution is 2.38. The van der Waals surface area contributed by atoms with Crippen LogP contribution in [0.25, 0.3) is 0 Å². The van der Waals surface area contributed by atoms with E-state index in [9.17, 15) is 9.59 Å². The molecule has 0 heterocycles. The Hall–Kier alpha value is -1.14. The summed E-state index contributed by atoms with van der Waals surface area (Å²) in [6.07, 6.45) is 10.1. The van der Waals surface area contributed by atoms with Gasteiger partial charge in [0, 0.05) is 30.4 Å². The average Bonchev–Trinajstić information content (AvgIpc) is 2.65. The molecule has 0 aromatic rings. The van der Waals surface area contributed by atoms with Gasteiger partial charge in [0.05, 0.1) is 19.0 Å². The minimum atomic E-state index is -0.611. The topological polar surface area (TPSA) is 61.8 Å². The van der Waals surface area contributed by atoms with Gasteiger partial charge in [0.1, 0.15) is 5.60 Å². The molecule has 0 N–H and O–H groups in total. The van der Waals surface area contributed by atoms with Crippen LogP contribution in [-0.2, 0) is 23.8 Å². The van der Waals surface area contributed by atoms with Gasteiger partial charge in [0.15, 0.2) is 5.78 Å². The number of hydrogen-bond acceptors (Lipinski definition) is 5. The highest BCUT2D eigenvalue weighted by Gasteiger charge is 2.39. The third-order valence-corrected chi connectivity index (χ3v) is 5.25. The molecule has 0 saturated carbocycles. The van der Waals surface area contributed by atoms with E-state index in [4.69, 9.17) is 14.2 Å². The van der Waals surface area contributed by atoms with E-state index in [1.165, 1.54) is 0 Å². The number of hydrogen-bond donors (Lipinski definition) is 0. The fourth-order valence-electron chi connectivity index (χ4n) is 3.42. The van der Waals surface area contributed by atoms with Crippen LogP contribution in [0.15, 0.2) is 23.5 Å². The van der Waals surface area contributed by atoms with Gasteiger partial charge in [-0.15, -0.1) is 0 Å². The highest BCUT2D eigenvalue weighted by atomic mass is 79.9. The molecular weight excluding hydrogens is 424 g/mol. The van der Waals surface area contributed by atoms with Crippen LogP contribution in [0.5, 0.6) is 0 Å². The molecule has 28 heavy (non-hydrogen) atoms. The minimum absolute atomic E-state index is 0.0477. The fraction of sp³-hybridized carbons (Fsp3) is 0.727. The normalized spacial score (nSPS) is 19.0. The lowest BCUT2D eigenvalue weighted by atomic mass is 9.80. The predicted octanol–water partition coefficient (Wildman–Crippen LogP) is 5.27. The Kier molecular flexibility index (Phi) is 12.4. The first-order valence-corrected chi connectivity index (χ1v) is 11.5. The number of unbranched alkanes of at least 4 members (excludes halogenated alkanes) is 2. The van der Waals surface area contributed by atoms with Crippen molar-refractivity contribution >= 4 is 27.7 Å². The Morgan fingerprint density at radius 3 is 2.54 bits per heavy atom. The molecule has 0 aromatic heterocycles. The largest absolute Gasteiger partial charge is 0.498 e. The zero-order valence-corrected chi connectivity index (χ0v) is 19.1. The molecule has 160 valence electrons. The number of rotatable bonds is 15. The molecule has 1 atom stereocenters. The first-order valence-electron chi connectivity index (χ1n) is 10.4. The summed E-state index contributed by atoms with van der Waals surface area (Å²) in [6, 6.07) is 0. The summed E-state index contributed by atoms with van der Waals surface area (Å²) in [4.78, 5) is 23.7. The van der Waals surface area contributed by atoms with Gasteiger partial charge in [0.25, 0.3) is 0 Å². The Morgan fingerprint density at radius 2 is 1.89 bits per heavy atom. The number of esters is 1. The number of carbonyl (C=O) groups is 2. The summed E-state index contributed by atoms with van der Waals surface area (Å²) >= 11 is 3.45. The monoisotopic (exact) mass is 458 g/mol. The van der Waals surface area contributed by atoms with Crippen LogP contribution in [-0.4, -0.2) is 42.5 Å². The molecule has 0 aromatic carbocycles. The maximum Gasteiger partial charge on any atom is 0.305 e. The predicted molar refractivity (Wildman–Crippen MR) is 115 cm³/mol. The molecule has 1 aliphatic rings. The van der Waals surface area contributed by atoms with Gasteiger partial charge in [-0.1, -0.05) is 35.7 Å². The first-order chi connectivity index (χ1) is 13.5. The van der Waals surface area contributed by atoms with Gasteiger partial charge in [-0.05, 0) is 51.7 Å². The smallest absolute Gasteiger partial charge is 0.305 e. The molecule has 5 nitrogen and oxygen atoms in total. The van der Waals surface area contributed by atoms with E-state index >= 15 is 0 Å². The zero-order chi connectivity index (χ0) is 20.8.